The number of rotatable bonds is 2. The second-order valence-electron chi connectivity index (χ2n) is 5.95. The number of nitrogens with zero attached hydrogens (tertiary/aromatic N) is 2. The first kappa shape index (κ1) is 18.9. The number of halogens is 3. The Morgan fingerprint density at radius 1 is 1.04 bits per heavy atom. The summed E-state index contributed by atoms with van der Waals surface area (Å²) in [6, 6.07) is 11.4. The molecule has 0 aliphatic carbocycles. The van der Waals surface area contributed by atoms with Gasteiger partial charge in [0.1, 0.15) is 0 Å². The van der Waals surface area contributed by atoms with E-state index in [1.807, 2.05) is 26.0 Å². The number of alkyl halides is 3. The molecule has 27 heavy (non-hydrogen) atoms. The molecular weight excluding hydrogens is 375 g/mol. The molecule has 0 radical (unpaired) electrons. The van der Waals surface area contributed by atoms with Crippen LogP contribution in [0.4, 0.5) is 23.7 Å². The molecule has 3 aromatic rings. The van der Waals surface area contributed by atoms with Crippen molar-refractivity contribution in [3.63, 3.8) is 0 Å². The molecular formula is C19H16F3N3OS. The number of carbonyl (C=O) groups is 1. The summed E-state index contributed by atoms with van der Waals surface area (Å²) in [5.41, 5.74) is 1.45. The van der Waals surface area contributed by atoms with Crippen LogP contribution in [-0.2, 0) is 6.18 Å². The van der Waals surface area contributed by atoms with Crippen LogP contribution in [0.2, 0.25) is 0 Å². The smallest absolute Gasteiger partial charge is 0.306 e. The van der Waals surface area contributed by atoms with Gasteiger partial charge < -0.3 is 5.32 Å². The summed E-state index contributed by atoms with van der Waals surface area (Å²) in [4.78, 5) is 17.5. The molecule has 0 fully saturated rings. The number of nitrogens with one attached hydrogen (secondary N) is 1. The number of thiazole rings is 1. The van der Waals surface area contributed by atoms with Crippen molar-refractivity contribution in [1.29, 1.82) is 0 Å². The molecule has 0 spiro atoms. The Labute approximate surface area is 157 Å². The van der Waals surface area contributed by atoms with Crippen LogP contribution >= 0.6 is 11.3 Å². The van der Waals surface area contributed by atoms with Crippen molar-refractivity contribution in [2.75, 3.05) is 5.32 Å². The number of benzene rings is 2. The number of hydrogen-bond donors (Lipinski definition) is 1. The van der Waals surface area contributed by atoms with Gasteiger partial charge in [-0.3, -0.25) is 4.57 Å². The minimum absolute atomic E-state index is 0.372. The van der Waals surface area contributed by atoms with E-state index in [1.54, 1.807) is 22.9 Å². The molecule has 0 atom stereocenters. The molecule has 0 unspecified atom stereocenters. The van der Waals surface area contributed by atoms with Crippen LogP contribution < -0.4 is 10.1 Å². The monoisotopic (exact) mass is 391 g/mol. The fourth-order valence-electron chi connectivity index (χ4n) is 2.40. The van der Waals surface area contributed by atoms with E-state index in [2.05, 4.69) is 10.3 Å². The van der Waals surface area contributed by atoms with Crippen LogP contribution in [0, 0.1) is 13.8 Å². The van der Waals surface area contributed by atoms with Crippen LogP contribution in [0.5, 0.6) is 0 Å². The van der Waals surface area contributed by atoms with Crippen molar-refractivity contribution < 1.29 is 18.0 Å². The average Bonchev–Trinajstić information content (AvgIpc) is 2.96. The van der Waals surface area contributed by atoms with Gasteiger partial charge in [0.25, 0.3) is 0 Å². The first-order valence-corrected chi connectivity index (χ1v) is 8.83. The van der Waals surface area contributed by atoms with E-state index in [4.69, 9.17) is 0 Å². The molecule has 0 aliphatic rings. The van der Waals surface area contributed by atoms with E-state index in [0.717, 1.165) is 22.6 Å². The molecule has 0 saturated carbocycles. The molecule has 2 amide bonds. The molecule has 3 rings (SSSR count). The van der Waals surface area contributed by atoms with Crippen molar-refractivity contribution >= 4 is 23.1 Å². The zero-order valence-electron chi connectivity index (χ0n) is 14.5. The Hall–Kier alpha value is -2.87. The fraction of sp³-hybridized carbons (Fsp3) is 0.158. The topological polar surface area (TPSA) is 46.4 Å². The molecule has 0 bridgehead atoms. The molecule has 0 aliphatic heterocycles. The minimum atomic E-state index is -4.39. The van der Waals surface area contributed by atoms with Gasteiger partial charge in [-0.15, -0.1) is 11.3 Å². The molecule has 2 aromatic carbocycles. The second-order valence-corrected chi connectivity index (χ2v) is 7.16. The Kier molecular flexibility index (Phi) is 5.18. The number of aromatic nitrogens is 1. The van der Waals surface area contributed by atoms with Crippen LogP contribution in [0.1, 0.15) is 16.0 Å². The van der Waals surface area contributed by atoms with E-state index in [9.17, 15) is 18.0 Å². The van der Waals surface area contributed by atoms with Gasteiger partial charge in [0, 0.05) is 22.4 Å². The fourth-order valence-corrected chi connectivity index (χ4v) is 3.24. The number of anilines is 1. The molecule has 4 nitrogen and oxygen atoms in total. The summed E-state index contributed by atoms with van der Waals surface area (Å²) >= 11 is 1.27. The van der Waals surface area contributed by atoms with E-state index in [-0.39, 0.29) is 0 Å². The van der Waals surface area contributed by atoms with Gasteiger partial charge in [-0.25, -0.2) is 4.79 Å². The highest BCUT2D eigenvalue weighted by molar-refractivity contribution is 7.09. The second kappa shape index (κ2) is 7.40. The van der Waals surface area contributed by atoms with Gasteiger partial charge in [-0.2, -0.15) is 18.2 Å². The lowest BCUT2D eigenvalue weighted by molar-refractivity contribution is -0.137. The van der Waals surface area contributed by atoms with Crippen molar-refractivity contribution in [1.82, 2.24) is 4.57 Å². The normalized spacial score (nSPS) is 12.3. The highest BCUT2D eigenvalue weighted by atomic mass is 32.1. The van der Waals surface area contributed by atoms with E-state index >= 15 is 0 Å². The third-order valence-electron chi connectivity index (χ3n) is 3.74. The zero-order chi connectivity index (χ0) is 19.6. The first-order chi connectivity index (χ1) is 12.7. The largest absolute Gasteiger partial charge is 0.416 e. The van der Waals surface area contributed by atoms with Gasteiger partial charge in [0.05, 0.1) is 5.56 Å². The number of hydrogen-bond acceptors (Lipinski definition) is 2. The molecule has 1 heterocycles. The van der Waals surface area contributed by atoms with E-state index in [0.29, 0.717) is 16.2 Å². The predicted octanol–water partition coefficient (Wildman–Crippen LogP) is 5.31. The quantitative estimate of drug-likeness (QED) is 0.632. The molecule has 0 saturated heterocycles. The lowest BCUT2D eigenvalue weighted by Gasteiger charge is -2.08. The highest BCUT2D eigenvalue weighted by Gasteiger charge is 2.30. The van der Waals surface area contributed by atoms with Crippen molar-refractivity contribution in [3.05, 3.63) is 75.5 Å². The zero-order valence-corrected chi connectivity index (χ0v) is 15.4. The van der Waals surface area contributed by atoms with Gasteiger partial charge in [0.2, 0.25) is 0 Å². The summed E-state index contributed by atoms with van der Waals surface area (Å²) in [6.07, 6.45) is -2.67. The third kappa shape index (κ3) is 4.65. The maximum Gasteiger partial charge on any atom is 0.416 e. The number of amides is 2. The Bertz CT molecular complexity index is 1020. The number of carbonyl (C=O) groups excluding carboxylic acids is 1. The lowest BCUT2D eigenvalue weighted by atomic mass is 10.2. The van der Waals surface area contributed by atoms with Gasteiger partial charge >= 0.3 is 12.2 Å². The molecule has 8 heteroatoms. The first-order valence-electron chi connectivity index (χ1n) is 8.01. The standard InChI is InChI=1S/C19H16F3N3OS/c1-12-3-7-15(8-4-12)23-17(26)24-18-25(11-13(2)27-18)16-9-5-14(6-10-16)19(20,21)22/h3-11H,1-2H3,(H,23,26)/b24-18-. The Morgan fingerprint density at radius 2 is 1.67 bits per heavy atom. The molecule has 140 valence electrons. The van der Waals surface area contributed by atoms with Crippen molar-refractivity contribution in [3.8, 4) is 5.69 Å². The SMILES string of the molecule is Cc1ccc(NC(=O)/N=c2\sc(C)cn2-c2ccc(C(F)(F)F)cc2)cc1. The van der Waals surface area contributed by atoms with Gasteiger partial charge in [-0.1, -0.05) is 17.7 Å². The third-order valence-corrected chi connectivity index (χ3v) is 4.64. The van der Waals surface area contributed by atoms with Crippen LogP contribution in [0.15, 0.2) is 59.7 Å². The van der Waals surface area contributed by atoms with Crippen molar-refractivity contribution in [2.24, 2.45) is 4.99 Å². The van der Waals surface area contributed by atoms with Crippen LogP contribution in [0.3, 0.4) is 0 Å². The Balaban J connectivity index is 1.90. The summed E-state index contributed by atoms with van der Waals surface area (Å²) < 4.78 is 39.8. The maximum absolute atomic E-state index is 12.7. The van der Waals surface area contributed by atoms with Crippen molar-refractivity contribution in [2.45, 2.75) is 20.0 Å². The molecule has 1 N–H and O–H groups in total. The minimum Gasteiger partial charge on any atom is -0.306 e. The van der Waals surface area contributed by atoms with Crippen LogP contribution in [0.25, 0.3) is 5.69 Å². The summed E-state index contributed by atoms with van der Waals surface area (Å²) in [7, 11) is 0. The number of urea groups is 1. The Morgan fingerprint density at radius 3 is 2.26 bits per heavy atom. The summed E-state index contributed by atoms with van der Waals surface area (Å²) in [5.74, 6) is 0. The molecule has 1 aromatic heterocycles. The number of aryl methyl sites for hydroxylation is 2. The summed E-state index contributed by atoms with van der Waals surface area (Å²) in [6.45, 7) is 3.78. The van der Waals surface area contributed by atoms with Gasteiger partial charge in [-0.05, 0) is 50.2 Å². The maximum atomic E-state index is 12.7. The highest BCUT2D eigenvalue weighted by Crippen LogP contribution is 2.29. The predicted molar refractivity (Wildman–Crippen MR) is 99.1 cm³/mol. The van der Waals surface area contributed by atoms with E-state index in [1.165, 1.54) is 23.5 Å². The average molecular weight is 391 g/mol. The summed E-state index contributed by atoms with van der Waals surface area (Å²) in [5, 5.41) is 2.67. The van der Waals surface area contributed by atoms with Crippen LogP contribution in [-0.4, -0.2) is 10.6 Å². The van der Waals surface area contributed by atoms with E-state index < -0.39 is 17.8 Å². The lowest BCUT2D eigenvalue weighted by Crippen LogP contribution is -2.17. The van der Waals surface area contributed by atoms with Gasteiger partial charge in [0.15, 0.2) is 4.80 Å².